The number of hydrogen-bond acceptors (Lipinski definition) is 2. The summed E-state index contributed by atoms with van der Waals surface area (Å²) in [5, 5.41) is 0.750. The Morgan fingerprint density at radius 3 is 2.52 bits per heavy atom. The lowest BCUT2D eigenvalue weighted by molar-refractivity contribution is 0.268. The number of rotatable bonds is 7. The molecule has 0 saturated carbocycles. The van der Waals surface area contributed by atoms with Gasteiger partial charge in [0, 0.05) is 24.2 Å². The average molecular weight is 303 g/mol. The van der Waals surface area contributed by atoms with E-state index in [1.807, 2.05) is 24.3 Å². The zero-order chi connectivity index (χ0) is 15.1. The van der Waals surface area contributed by atoms with Crippen LogP contribution >= 0.6 is 11.6 Å². The number of nitrogens with zero attached hydrogens (tertiary/aromatic N) is 1. The summed E-state index contributed by atoms with van der Waals surface area (Å²) in [7, 11) is 0. The Morgan fingerprint density at radius 2 is 1.86 bits per heavy atom. The average Bonchev–Trinajstić information content (AvgIpc) is 2.52. The first-order valence-electron chi connectivity index (χ1n) is 7.46. The van der Waals surface area contributed by atoms with Gasteiger partial charge in [0.25, 0.3) is 0 Å². The molecule has 2 N–H and O–H groups in total. The SMILES string of the molecule is CCN(CCC(N)c1cccc(Cl)c1)Cc1ccccc1. The van der Waals surface area contributed by atoms with Gasteiger partial charge in [0.05, 0.1) is 0 Å². The molecular formula is C18H23ClN2. The molecule has 0 spiro atoms. The fraction of sp³-hybridized carbons (Fsp3) is 0.333. The largest absolute Gasteiger partial charge is 0.324 e. The van der Waals surface area contributed by atoms with Crippen molar-refractivity contribution in [2.75, 3.05) is 13.1 Å². The Kier molecular flexibility index (Phi) is 6.24. The molecular weight excluding hydrogens is 280 g/mol. The molecule has 112 valence electrons. The first-order valence-corrected chi connectivity index (χ1v) is 7.84. The standard InChI is InChI=1S/C18H23ClN2/c1-2-21(14-15-7-4-3-5-8-15)12-11-18(20)16-9-6-10-17(19)13-16/h3-10,13,18H,2,11-12,14,20H2,1H3. The van der Waals surface area contributed by atoms with Crippen molar-refractivity contribution in [3.63, 3.8) is 0 Å². The minimum Gasteiger partial charge on any atom is -0.324 e. The summed E-state index contributed by atoms with van der Waals surface area (Å²) in [6, 6.07) is 18.4. The summed E-state index contributed by atoms with van der Waals surface area (Å²) >= 11 is 6.02. The minimum atomic E-state index is 0.0357. The minimum absolute atomic E-state index is 0.0357. The summed E-state index contributed by atoms with van der Waals surface area (Å²) in [5.41, 5.74) is 8.73. The molecule has 21 heavy (non-hydrogen) atoms. The Balaban J connectivity index is 1.88. The second kappa shape index (κ2) is 8.18. The van der Waals surface area contributed by atoms with E-state index in [1.165, 1.54) is 5.56 Å². The van der Waals surface area contributed by atoms with E-state index in [1.54, 1.807) is 0 Å². The van der Waals surface area contributed by atoms with Crippen LogP contribution in [-0.2, 0) is 6.54 Å². The first kappa shape index (κ1) is 16.0. The fourth-order valence-electron chi connectivity index (χ4n) is 2.42. The Morgan fingerprint density at radius 1 is 1.10 bits per heavy atom. The van der Waals surface area contributed by atoms with E-state index in [0.29, 0.717) is 0 Å². The van der Waals surface area contributed by atoms with Crippen LogP contribution in [0.25, 0.3) is 0 Å². The van der Waals surface area contributed by atoms with Gasteiger partial charge >= 0.3 is 0 Å². The highest BCUT2D eigenvalue weighted by Gasteiger charge is 2.10. The molecule has 1 unspecified atom stereocenters. The third-order valence-electron chi connectivity index (χ3n) is 3.73. The van der Waals surface area contributed by atoms with Gasteiger partial charge in [0.15, 0.2) is 0 Å². The highest BCUT2D eigenvalue weighted by atomic mass is 35.5. The summed E-state index contributed by atoms with van der Waals surface area (Å²) in [4.78, 5) is 2.42. The zero-order valence-corrected chi connectivity index (χ0v) is 13.3. The summed E-state index contributed by atoms with van der Waals surface area (Å²) < 4.78 is 0. The van der Waals surface area contributed by atoms with Crippen molar-refractivity contribution >= 4 is 11.6 Å². The Bertz CT molecular complexity index is 542. The molecule has 0 saturated heterocycles. The lowest BCUT2D eigenvalue weighted by atomic mass is 10.0. The van der Waals surface area contributed by atoms with E-state index >= 15 is 0 Å². The van der Waals surface area contributed by atoms with E-state index in [9.17, 15) is 0 Å². The van der Waals surface area contributed by atoms with Crippen LogP contribution in [0, 0.1) is 0 Å². The smallest absolute Gasteiger partial charge is 0.0409 e. The maximum atomic E-state index is 6.27. The van der Waals surface area contributed by atoms with Gasteiger partial charge in [0.2, 0.25) is 0 Å². The Labute approximate surface area is 132 Å². The molecule has 2 rings (SSSR count). The second-order valence-electron chi connectivity index (χ2n) is 5.30. The van der Waals surface area contributed by atoms with Crippen molar-refractivity contribution in [2.24, 2.45) is 5.73 Å². The van der Waals surface area contributed by atoms with Gasteiger partial charge in [-0.25, -0.2) is 0 Å². The van der Waals surface area contributed by atoms with E-state index in [-0.39, 0.29) is 6.04 Å². The van der Waals surface area contributed by atoms with Crippen molar-refractivity contribution in [2.45, 2.75) is 25.9 Å². The van der Waals surface area contributed by atoms with Gasteiger partial charge in [-0.1, -0.05) is 61.0 Å². The molecule has 2 nitrogen and oxygen atoms in total. The van der Waals surface area contributed by atoms with Crippen molar-refractivity contribution in [3.8, 4) is 0 Å². The predicted octanol–water partition coefficient (Wildman–Crippen LogP) is 4.25. The molecule has 0 aliphatic heterocycles. The van der Waals surface area contributed by atoms with E-state index in [0.717, 1.165) is 36.6 Å². The van der Waals surface area contributed by atoms with Crippen molar-refractivity contribution in [1.29, 1.82) is 0 Å². The summed E-state index contributed by atoms with van der Waals surface area (Å²) in [5.74, 6) is 0. The van der Waals surface area contributed by atoms with E-state index in [4.69, 9.17) is 17.3 Å². The number of benzene rings is 2. The molecule has 0 fully saturated rings. The molecule has 2 aromatic carbocycles. The van der Waals surface area contributed by atoms with Crippen LogP contribution in [0.1, 0.15) is 30.5 Å². The third-order valence-corrected chi connectivity index (χ3v) is 3.96. The van der Waals surface area contributed by atoms with Gasteiger partial charge in [-0.2, -0.15) is 0 Å². The van der Waals surface area contributed by atoms with Crippen LogP contribution in [0.2, 0.25) is 5.02 Å². The van der Waals surface area contributed by atoms with Crippen molar-refractivity contribution in [3.05, 3.63) is 70.7 Å². The van der Waals surface area contributed by atoms with Crippen LogP contribution in [0.15, 0.2) is 54.6 Å². The molecule has 3 heteroatoms. The van der Waals surface area contributed by atoms with E-state index < -0.39 is 0 Å². The molecule has 0 bridgehead atoms. The maximum absolute atomic E-state index is 6.27. The number of hydrogen-bond donors (Lipinski definition) is 1. The maximum Gasteiger partial charge on any atom is 0.0409 e. The van der Waals surface area contributed by atoms with Gasteiger partial charge in [-0.05, 0) is 36.2 Å². The van der Waals surface area contributed by atoms with E-state index in [2.05, 4.69) is 42.2 Å². The van der Waals surface area contributed by atoms with Crippen LogP contribution in [0.3, 0.4) is 0 Å². The zero-order valence-electron chi connectivity index (χ0n) is 12.5. The highest BCUT2D eigenvalue weighted by Crippen LogP contribution is 2.19. The van der Waals surface area contributed by atoms with Crippen LogP contribution in [-0.4, -0.2) is 18.0 Å². The van der Waals surface area contributed by atoms with Gasteiger partial charge in [-0.3, -0.25) is 4.90 Å². The number of nitrogens with two attached hydrogens (primary N) is 1. The lowest BCUT2D eigenvalue weighted by Gasteiger charge is -2.22. The van der Waals surface area contributed by atoms with Crippen LogP contribution in [0.4, 0.5) is 0 Å². The molecule has 0 aliphatic carbocycles. The topological polar surface area (TPSA) is 29.3 Å². The molecule has 0 aromatic heterocycles. The molecule has 0 radical (unpaired) electrons. The normalized spacial score (nSPS) is 12.6. The van der Waals surface area contributed by atoms with Gasteiger partial charge in [-0.15, -0.1) is 0 Å². The van der Waals surface area contributed by atoms with Crippen molar-refractivity contribution < 1.29 is 0 Å². The summed E-state index contributed by atoms with van der Waals surface area (Å²) in [6.07, 6.45) is 0.932. The van der Waals surface area contributed by atoms with Crippen molar-refractivity contribution in [1.82, 2.24) is 4.90 Å². The third kappa shape index (κ3) is 5.16. The van der Waals surface area contributed by atoms with Gasteiger partial charge in [0.1, 0.15) is 0 Å². The molecule has 0 heterocycles. The molecule has 1 atom stereocenters. The second-order valence-corrected chi connectivity index (χ2v) is 5.74. The Hall–Kier alpha value is -1.35. The fourth-order valence-corrected chi connectivity index (χ4v) is 2.61. The highest BCUT2D eigenvalue weighted by molar-refractivity contribution is 6.30. The molecule has 2 aromatic rings. The van der Waals surface area contributed by atoms with Gasteiger partial charge < -0.3 is 5.73 Å². The van der Waals surface area contributed by atoms with Crippen LogP contribution in [0.5, 0.6) is 0 Å². The lowest BCUT2D eigenvalue weighted by Crippen LogP contribution is -2.27. The quantitative estimate of drug-likeness (QED) is 0.828. The van der Waals surface area contributed by atoms with Crippen LogP contribution < -0.4 is 5.73 Å². The first-order chi connectivity index (χ1) is 10.2. The predicted molar refractivity (Wildman–Crippen MR) is 90.4 cm³/mol. The number of halogens is 1. The monoisotopic (exact) mass is 302 g/mol. The summed E-state index contributed by atoms with van der Waals surface area (Å²) in [6.45, 7) is 5.17. The molecule has 0 aliphatic rings. The molecule has 0 amide bonds.